The zero-order chi connectivity index (χ0) is 13.2. The van der Waals surface area contributed by atoms with E-state index in [1.807, 2.05) is 35.1 Å². The van der Waals surface area contributed by atoms with E-state index >= 15 is 0 Å². The van der Waals surface area contributed by atoms with Gasteiger partial charge in [-0.15, -0.1) is 0 Å². The van der Waals surface area contributed by atoms with Crippen molar-refractivity contribution in [2.45, 2.75) is 32.9 Å². The molecule has 0 spiro atoms. The molecular formula is C14H18ClN3. The molecule has 0 amide bonds. The van der Waals surface area contributed by atoms with E-state index in [4.69, 9.17) is 11.6 Å². The Labute approximate surface area is 113 Å². The molecule has 0 aliphatic rings. The summed E-state index contributed by atoms with van der Waals surface area (Å²) in [5.41, 5.74) is 2.14. The minimum atomic E-state index is 0.0561. The number of hydrogen-bond donors (Lipinski definition) is 1. The Hall–Kier alpha value is -1.32. The van der Waals surface area contributed by atoms with E-state index in [2.05, 4.69) is 31.2 Å². The zero-order valence-corrected chi connectivity index (χ0v) is 11.7. The molecule has 0 fully saturated rings. The molecule has 0 unspecified atom stereocenters. The number of aromatic nitrogens is 2. The lowest BCUT2D eigenvalue weighted by molar-refractivity contribution is 0.424. The van der Waals surface area contributed by atoms with Crippen LogP contribution in [-0.2, 0) is 6.54 Å². The highest BCUT2D eigenvalue weighted by Gasteiger charge is 2.13. The van der Waals surface area contributed by atoms with Gasteiger partial charge in [-0.3, -0.25) is 0 Å². The molecule has 18 heavy (non-hydrogen) atoms. The van der Waals surface area contributed by atoms with Gasteiger partial charge in [-0.05, 0) is 39.0 Å². The number of nitrogens with one attached hydrogen (secondary N) is 1. The van der Waals surface area contributed by atoms with Crippen molar-refractivity contribution in [3.8, 4) is 5.69 Å². The Balaban J connectivity index is 2.33. The van der Waals surface area contributed by atoms with Gasteiger partial charge in [0, 0.05) is 35.1 Å². The van der Waals surface area contributed by atoms with E-state index in [1.165, 1.54) is 0 Å². The summed E-state index contributed by atoms with van der Waals surface area (Å²) in [6.07, 6.45) is 3.69. The van der Waals surface area contributed by atoms with Gasteiger partial charge in [0.15, 0.2) is 0 Å². The number of rotatable bonds is 3. The Morgan fingerprint density at radius 1 is 1.28 bits per heavy atom. The van der Waals surface area contributed by atoms with E-state index in [-0.39, 0.29) is 5.54 Å². The van der Waals surface area contributed by atoms with Gasteiger partial charge in [0.1, 0.15) is 0 Å². The Kier molecular flexibility index (Phi) is 3.73. The van der Waals surface area contributed by atoms with E-state index in [1.54, 1.807) is 6.20 Å². The maximum absolute atomic E-state index is 6.29. The van der Waals surface area contributed by atoms with Gasteiger partial charge in [-0.2, -0.15) is 5.10 Å². The first-order valence-electron chi connectivity index (χ1n) is 6.00. The fourth-order valence-electron chi connectivity index (χ4n) is 1.70. The van der Waals surface area contributed by atoms with Crippen LogP contribution >= 0.6 is 11.6 Å². The molecule has 1 heterocycles. The van der Waals surface area contributed by atoms with Gasteiger partial charge >= 0.3 is 0 Å². The van der Waals surface area contributed by atoms with Crippen molar-refractivity contribution in [1.82, 2.24) is 15.1 Å². The third kappa shape index (κ3) is 3.12. The number of hydrogen-bond acceptors (Lipinski definition) is 2. The van der Waals surface area contributed by atoms with Crippen molar-refractivity contribution in [2.75, 3.05) is 0 Å². The molecule has 2 aromatic rings. The first-order valence-corrected chi connectivity index (χ1v) is 6.37. The molecule has 0 atom stereocenters. The smallest absolute Gasteiger partial charge is 0.0705 e. The number of halogens is 1. The molecule has 0 radical (unpaired) electrons. The van der Waals surface area contributed by atoms with Crippen molar-refractivity contribution in [3.63, 3.8) is 0 Å². The van der Waals surface area contributed by atoms with Gasteiger partial charge in [-0.1, -0.05) is 17.7 Å². The van der Waals surface area contributed by atoms with Crippen LogP contribution in [0.25, 0.3) is 5.69 Å². The van der Waals surface area contributed by atoms with Crippen molar-refractivity contribution >= 4 is 11.6 Å². The SMILES string of the molecule is CC(C)(C)NCc1c(Cl)cccc1-n1cccn1. The molecule has 4 heteroatoms. The molecule has 0 aliphatic carbocycles. The van der Waals surface area contributed by atoms with Gasteiger partial charge < -0.3 is 5.32 Å². The average molecular weight is 264 g/mol. The molecule has 0 saturated carbocycles. The molecule has 3 nitrogen and oxygen atoms in total. The lowest BCUT2D eigenvalue weighted by Crippen LogP contribution is -2.35. The molecular weight excluding hydrogens is 246 g/mol. The minimum absolute atomic E-state index is 0.0561. The monoisotopic (exact) mass is 263 g/mol. The maximum Gasteiger partial charge on any atom is 0.0705 e. The Morgan fingerprint density at radius 3 is 2.67 bits per heavy atom. The first-order chi connectivity index (χ1) is 8.47. The second-order valence-corrected chi connectivity index (χ2v) is 5.70. The molecule has 0 aliphatic heterocycles. The van der Waals surface area contributed by atoms with Gasteiger partial charge in [0.25, 0.3) is 0 Å². The Bertz CT molecular complexity index is 512. The number of benzene rings is 1. The second-order valence-electron chi connectivity index (χ2n) is 5.29. The second kappa shape index (κ2) is 5.12. The van der Waals surface area contributed by atoms with Crippen molar-refractivity contribution < 1.29 is 0 Å². The van der Waals surface area contributed by atoms with E-state index in [0.29, 0.717) is 0 Å². The highest BCUT2D eigenvalue weighted by molar-refractivity contribution is 6.31. The summed E-state index contributed by atoms with van der Waals surface area (Å²) >= 11 is 6.29. The van der Waals surface area contributed by atoms with Crippen LogP contribution in [-0.4, -0.2) is 15.3 Å². The van der Waals surface area contributed by atoms with Crippen LogP contribution in [0.1, 0.15) is 26.3 Å². The Morgan fingerprint density at radius 2 is 2.06 bits per heavy atom. The third-order valence-electron chi connectivity index (χ3n) is 2.64. The minimum Gasteiger partial charge on any atom is -0.308 e. The van der Waals surface area contributed by atoms with Crippen LogP contribution in [0.15, 0.2) is 36.7 Å². The van der Waals surface area contributed by atoms with E-state index in [0.717, 1.165) is 22.8 Å². The lowest BCUT2D eigenvalue weighted by Gasteiger charge is -2.22. The van der Waals surface area contributed by atoms with Crippen LogP contribution in [0.3, 0.4) is 0 Å². The van der Waals surface area contributed by atoms with Crippen LogP contribution in [0.4, 0.5) is 0 Å². The molecule has 1 aromatic carbocycles. The highest BCUT2D eigenvalue weighted by atomic mass is 35.5. The van der Waals surface area contributed by atoms with Gasteiger partial charge in [-0.25, -0.2) is 4.68 Å². The quantitative estimate of drug-likeness (QED) is 0.920. The standard InChI is InChI=1S/C14H18ClN3/c1-14(2,3)16-10-11-12(15)6-4-7-13(11)18-9-5-8-17-18/h4-9,16H,10H2,1-3H3. The number of nitrogens with zero attached hydrogens (tertiary/aromatic N) is 2. The first kappa shape index (κ1) is 13.1. The molecule has 1 N–H and O–H groups in total. The summed E-state index contributed by atoms with van der Waals surface area (Å²) < 4.78 is 1.84. The summed E-state index contributed by atoms with van der Waals surface area (Å²) in [4.78, 5) is 0. The summed E-state index contributed by atoms with van der Waals surface area (Å²) in [6.45, 7) is 7.13. The van der Waals surface area contributed by atoms with Crippen LogP contribution in [0, 0.1) is 0 Å². The largest absolute Gasteiger partial charge is 0.308 e. The predicted molar refractivity (Wildman–Crippen MR) is 75.2 cm³/mol. The summed E-state index contributed by atoms with van der Waals surface area (Å²) in [6, 6.07) is 7.79. The zero-order valence-electron chi connectivity index (χ0n) is 10.9. The summed E-state index contributed by atoms with van der Waals surface area (Å²) in [5, 5.41) is 8.48. The fourth-order valence-corrected chi connectivity index (χ4v) is 1.94. The highest BCUT2D eigenvalue weighted by Crippen LogP contribution is 2.23. The molecule has 0 saturated heterocycles. The summed E-state index contributed by atoms with van der Waals surface area (Å²) in [5.74, 6) is 0. The predicted octanol–water partition coefficient (Wildman–Crippen LogP) is 3.41. The van der Waals surface area contributed by atoms with Crippen molar-refractivity contribution in [2.24, 2.45) is 0 Å². The normalized spacial score (nSPS) is 11.8. The van der Waals surface area contributed by atoms with E-state index < -0.39 is 0 Å². The molecule has 1 aromatic heterocycles. The van der Waals surface area contributed by atoms with Crippen LogP contribution in [0.2, 0.25) is 5.02 Å². The van der Waals surface area contributed by atoms with Crippen LogP contribution in [0.5, 0.6) is 0 Å². The molecule has 96 valence electrons. The van der Waals surface area contributed by atoms with Gasteiger partial charge in [0.05, 0.1) is 5.69 Å². The van der Waals surface area contributed by atoms with Crippen molar-refractivity contribution in [3.05, 3.63) is 47.2 Å². The van der Waals surface area contributed by atoms with Crippen LogP contribution < -0.4 is 5.32 Å². The average Bonchev–Trinajstić information content (AvgIpc) is 2.79. The molecule has 0 bridgehead atoms. The lowest BCUT2D eigenvalue weighted by atomic mass is 10.1. The maximum atomic E-state index is 6.29. The van der Waals surface area contributed by atoms with Gasteiger partial charge in [0.2, 0.25) is 0 Å². The molecule has 2 rings (SSSR count). The fraction of sp³-hybridized carbons (Fsp3) is 0.357. The van der Waals surface area contributed by atoms with Crippen molar-refractivity contribution in [1.29, 1.82) is 0 Å². The van der Waals surface area contributed by atoms with E-state index in [9.17, 15) is 0 Å². The summed E-state index contributed by atoms with van der Waals surface area (Å²) in [7, 11) is 0. The third-order valence-corrected chi connectivity index (χ3v) is 2.99. The topological polar surface area (TPSA) is 29.9 Å².